The number of methoxy groups -OCH3 is 1. The Bertz CT molecular complexity index is 958. The van der Waals surface area contributed by atoms with E-state index in [9.17, 15) is 4.79 Å². The highest BCUT2D eigenvalue weighted by Crippen LogP contribution is 2.47. The van der Waals surface area contributed by atoms with Crippen LogP contribution in [-0.4, -0.2) is 49.3 Å². The van der Waals surface area contributed by atoms with Crippen LogP contribution in [0.15, 0.2) is 42.5 Å². The van der Waals surface area contributed by atoms with Gasteiger partial charge in [-0.25, -0.2) is 4.79 Å². The third kappa shape index (κ3) is 3.23. The lowest BCUT2D eigenvalue weighted by Crippen LogP contribution is -2.63. The number of carbonyl (C=O) groups excluding carboxylic acids is 1. The first-order valence-electron chi connectivity index (χ1n) is 10.6. The molecule has 2 amide bonds. The number of para-hydroxylation sites is 1. The number of likely N-dealkylation sites (tertiary alicyclic amines) is 1. The van der Waals surface area contributed by atoms with Crippen LogP contribution in [0.25, 0.3) is 0 Å². The van der Waals surface area contributed by atoms with Crippen molar-refractivity contribution in [3.8, 4) is 5.75 Å². The van der Waals surface area contributed by atoms with Gasteiger partial charge in [0.15, 0.2) is 0 Å². The first kappa shape index (κ1) is 19.4. The van der Waals surface area contributed by atoms with Gasteiger partial charge < -0.3 is 25.2 Å². The first-order valence-corrected chi connectivity index (χ1v) is 11.0. The molecule has 3 aliphatic heterocycles. The number of carbonyl (C=O) groups is 1. The number of nitrogens with one attached hydrogen (secondary N) is 2. The number of benzene rings is 2. The topological polar surface area (TPSA) is 56.8 Å². The monoisotopic (exact) mass is 426 g/mol. The number of amides is 2. The zero-order valence-corrected chi connectivity index (χ0v) is 17.9. The van der Waals surface area contributed by atoms with Crippen LogP contribution in [0, 0.1) is 0 Å². The van der Waals surface area contributed by atoms with Crippen LogP contribution in [0.1, 0.15) is 25.7 Å². The van der Waals surface area contributed by atoms with Crippen LogP contribution in [0.4, 0.5) is 21.9 Å². The zero-order valence-electron chi connectivity index (χ0n) is 17.2. The summed E-state index contributed by atoms with van der Waals surface area (Å²) in [5, 5.41) is 7.39. The van der Waals surface area contributed by atoms with Crippen molar-refractivity contribution in [1.29, 1.82) is 0 Å². The Kier molecular flexibility index (Phi) is 4.89. The Morgan fingerprint density at radius 3 is 2.77 bits per heavy atom. The molecule has 0 aromatic heterocycles. The van der Waals surface area contributed by atoms with Gasteiger partial charge in [0.2, 0.25) is 0 Å². The Labute approximate surface area is 182 Å². The van der Waals surface area contributed by atoms with Crippen molar-refractivity contribution >= 4 is 34.7 Å². The fraction of sp³-hybridized carbons (Fsp3) is 0.435. The number of piperidine rings is 1. The molecular weight excluding hydrogens is 400 g/mol. The maximum Gasteiger partial charge on any atom is 0.321 e. The summed E-state index contributed by atoms with van der Waals surface area (Å²) in [5.41, 5.74) is 3.05. The van der Waals surface area contributed by atoms with Gasteiger partial charge in [0, 0.05) is 25.7 Å². The van der Waals surface area contributed by atoms with Crippen LogP contribution in [0.5, 0.6) is 5.75 Å². The van der Waals surface area contributed by atoms with E-state index in [1.807, 2.05) is 29.2 Å². The molecular formula is C23H27ClN4O2. The molecule has 2 saturated heterocycles. The second-order valence-electron chi connectivity index (χ2n) is 8.41. The molecule has 1 atom stereocenters. The summed E-state index contributed by atoms with van der Waals surface area (Å²) in [5.74, 6) is 0.866. The van der Waals surface area contributed by atoms with E-state index in [4.69, 9.17) is 16.3 Å². The second kappa shape index (κ2) is 7.58. The van der Waals surface area contributed by atoms with Crippen LogP contribution in [-0.2, 0) is 0 Å². The standard InChI is InChI=1S/C23H27ClN4O2/c1-30-16-8-9-20-19(15-16)26-23(21-7-4-12-28(20)21)10-13-27(14-11-23)22(29)25-18-6-3-2-5-17(18)24/h2-3,5-6,8-9,15,21,26H,4,7,10-14H2,1H3,(H,25,29). The molecule has 0 bridgehead atoms. The lowest BCUT2D eigenvalue weighted by Gasteiger charge is -2.53. The Hall–Kier alpha value is -2.60. The highest BCUT2D eigenvalue weighted by molar-refractivity contribution is 6.33. The number of halogens is 1. The lowest BCUT2D eigenvalue weighted by molar-refractivity contribution is 0.164. The molecule has 3 heterocycles. The third-order valence-corrected chi connectivity index (χ3v) is 7.18. The normalized spacial score (nSPS) is 21.6. The average Bonchev–Trinajstić information content (AvgIpc) is 3.27. The fourth-order valence-corrected chi connectivity index (χ4v) is 5.48. The smallest absolute Gasteiger partial charge is 0.321 e. The van der Waals surface area contributed by atoms with Crippen LogP contribution >= 0.6 is 11.6 Å². The third-order valence-electron chi connectivity index (χ3n) is 6.85. The van der Waals surface area contributed by atoms with Crippen molar-refractivity contribution < 1.29 is 9.53 Å². The number of hydrogen-bond donors (Lipinski definition) is 2. The number of rotatable bonds is 2. The zero-order chi connectivity index (χ0) is 20.7. The minimum atomic E-state index is -0.0842. The molecule has 2 N–H and O–H groups in total. The molecule has 5 rings (SSSR count). The van der Waals surface area contributed by atoms with E-state index in [2.05, 4.69) is 27.7 Å². The number of urea groups is 1. The summed E-state index contributed by atoms with van der Waals surface area (Å²) >= 11 is 6.20. The molecule has 3 aliphatic rings. The van der Waals surface area contributed by atoms with E-state index in [0.29, 0.717) is 29.8 Å². The number of nitrogens with zero attached hydrogens (tertiary/aromatic N) is 2. The molecule has 1 unspecified atom stereocenters. The summed E-state index contributed by atoms with van der Waals surface area (Å²) in [4.78, 5) is 17.3. The van der Waals surface area contributed by atoms with E-state index in [0.717, 1.165) is 30.8 Å². The van der Waals surface area contributed by atoms with Gasteiger partial charge >= 0.3 is 6.03 Å². The molecule has 1 spiro atoms. The van der Waals surface area contributed by atoms with Crippen LogP contribution in [0.3, 0.4) is 0 Å². The largest absolute Gasteiger partial charge is 0.497 e. The molecule has 2 aromatic carbocycles. The minimum Gasteiger partial charge on any atom is -0.497 e. The van der Waals surface area contributed by atoms with Crippen LogP contribution < -0.4 is 20.3 Å². The van der Waals surface area contributed by atoms with E-state index in [1.54, 1.807) is 13.2 Å². The molecule has 2 aromatic rings. The molecule has 0 saturated carbocycles. The van der Waals surface area contributed by atoms with Gasteiger partial charge in [-0.2, -0.15) is 0 Å². The Morgan fingerprint density at radius 2 is 2.00 bits per heavy atom. The summed E-state index contributed by atoms with van der Waals surface area (Å²) in [6, 6.07) is 14.0. The SMILES string of the molecule is COc1ccc2c(c1)NC1(CCN(C(=O)Nc3ccccc3Cl)CC1)C1CCCN21. The molecule has 158 valence electrons. The molecule has 2 fully saturated rings. The van der Waals surface area contributed by atoms with Gasteiger partial charge in [0.05, 0.1) is 40.8 Å². The minimum absolute atomic E-state index is 0.0168. The van der Waals surface area contributed by atoms with Crippen molar-refractivity contribution in [2.45, 2.75) is 37.3 Å². The lowest BCUT2D eigenvalue weighted by atomic mass is 9.77. The maximum absolute atomic E-state index is 12.8. The number of hydrogen-bond acceptors (Lipinski definition) is 4. The fourth-order valence-electron chi connectivity index (χ4n) is 5.30. The average molecular weight is 427 g/mol. The van der Waals surface area contributed by atoms with Gasteiger partial charge in [-0.15, -0.1) is 0 Å². The molecule has 0 radical (unpaired) electrons. The van der Waals surface area contributed by atoms with Crippen molar-refractivity contribution in [1.82, 2.24) is 4.90 Å². The van der Waals surface area contributed by atoms with Crippen molar-refractivity contribution in [2.24, 2.45) is 0 Å². The summed E-state index contributed by atoms with van der Waals surface area (Å²) < 4.78 is 5.45. The first-order chi connectivity index (χ1) is 14.6. The number of ether oxygens (including phenoxy) is 1. The Morgan fingerprint density at radius 1 is 1.20 bits per heavy atom. The van der Waals surface area contributed by atoms with E-state index in [-0.39, 0.29) is 11.6 Å². The number of anilines is 3. The highest BCUT2D eigenvalue weighted by atomic mass is 35.5. The quantitative estimate of drug-likeness (QED) is 0.723. The predicted octanol–water partition coefficient (Wildman–Crippen LogP) is 4.81. The van der Waals surface area contributed by atoms with E-state index >= 15 is 0 Å². The van der Waals surface area contributed by atoms with Crippen molar-refractivity contribution in [2.75, 3.05) is 42.3 Å². The molecule has 6 nitrogen and oxygen atoms in total. The van der Waals surface area contributed by atoms with Crippen LogP contribution in [0.2, 0.25) is 5.02 Å². The van der Waals surface area contributed by atoms with Gasteiger partial charge in [-0.3, -0.25) is 0 Å². The van der Waals surface area contributed by atoms with Crippen molar-refractivity contribution in [3.63, 3.8) is 0 Å². The molecule has 0 aliphatic carbocycles. The highest BCUT2D eigenvalue weighted by Gasteiger charge is 2.50. The predicted molar refractivity (Wildman–Crippen MR) is 121 cm³/mol. The maximum atomic E-state index is 12.8. The van der Waals surface area contributed by atoms with E-state index < -0.39 is 0 Å². The summed E-state index contributed by atoms with van der Waals surface area (Å²) in [6.45, 7) is 2.52. The second-order valence-corrected chi connectivity index (χ2v) is 8.82. The van der Waals surface area contributed by atoms with Crippen molar-refractivity contribution in [3.05, 3.63) is 47.5 Å². The number of fused-ring (bicyclic) bond motifs is 4. The molecule has 30 heavy (non-hydrogen) atoms. The van der Waals surface area contributed by atoms with Gasteiger partial charge in [0.1, 0.15) is 5.75 Å². The van der Waals surface area contributed by atoms with E-state index in [1.165, 1.54) is 18.5 Å². The summed E-state index contributed by atoms with van der Waals surface area (Å²) in [7, 11) is 1.70. The van der Waals surface area contributed by atoms with Gasteiger partial charge in [-0.05, 0) is 49.9 Å². The van der Waals surface area contributed by atoms with Gasteiger partial charge in [-0.1, -0.05) is 23.7 Å². The summed E-state index contributed by atoms with van der Waals surface area (Å²) in [6.07, 6.45) is 4.22. The Balaban J connectivity index is 1.33. The van der Waals surface area contributed by atoms with Gasteiger partial charge in [0.25, 0.3) is 0 Å². The molecule has 7 heteroatoms.